The Morgan fingerprint density at radius 2 is 1.80 bits per heavy atom. The molecular weight excluding hydrogens is 448 g/mol. The number of nitrogen functional groups attached to an aromatic ring is 1. The van der Waals surface area contributed by atoms with Crippen LogP contribution in [0.4, 0.5) is 17.5 Å². The summed E-state index contributed by atoms with van der Waals surface area (Å²) in [5.74, 6) is -0.764. The highest BCUT2D eigenvalue weighted by molar-refractivity contribution is 5.98. The first-order chi connectivity index (χ1) is 16.9. The molecule has 0 fully saturated rings. The van der Waals surface area contributed by atoms with E-state index in [2.05, 4.69) is 20.3 Å². The van der Waals surface area contributed by atoms with Crippen molar-refractivity contribution in [3.05, 3.63) is 72.1 Å². The second-order valence-corrected chi connectivity index (χ2v) is 7.92. The number of aryl methyl sites for hydroxylation is 1. The number of anilines is 3. The minimum absolute atomic E-state index is 0.0213. The Hall–Kier alpha value is -4.51. The molecule has 4 aromatic rings. The summed E-state index contributed by atoms with van der Waals surface area (Å²) in [4.78, 5) is 39.3. The number of aromatic nitrogens is 4. The SMILES string of the molecule is Cn1cnc2c(NCc3ccc(N)cc3)nc(N(CC(N)=O)C(=O)COCc3ccccc3)nc21. The minimum atomic E-state index is -0.702. The summed E-state index contributed by atoms with van der Waals surface area (Å²) in [7, 11) is 1.78. The van der Waals surface area contributed by atoms with Crippen molar-refractivity contribution in [2.45, 2.75) is 13.2 Å². The molecule has 0 unspecified atom stereocenters. The van der Waals surface area contributed by atoms with E-state index in [1.165, 1.54) is 0 Å². The zero-order chi connectivity index (χ0) is 24.8. The Labute approximate surface area is 201 Å². The molecule has 2 amide bonds. The van der Waals surface area contributed by atoms with E-state index in [9.17, 15) is 9.59 Å². The smallest absolute Gasteiger partial charge is 0.255 e. The fraction of sp³-hybridized carbons (Fsp3) is 0.208. The fourth-order valence-electron chi connectivity index (χ4n) is 3.40. The monoisotopic (exact) mass is 474 g/mol. The third-order valence-corrected chi connectivity index (χ3v) is 5.18. The van der Waals surface area contributed by atoms with Crippen molar-refractivity contribution in [3.63, 3.8) is 0 Å². The topological polar surface area (TPSA) is 154 Å². The molecule has 180 valence electrons. The van der Waals surface area contributed by atoms with Gasteiger partial charge in [0.15, 0.2) is 17.0 Å². The maximum absolute atomic E-state index is 13.0. The summed E-state index contributed by atoms with van der Waals surface area (Å²) in [6, 6.07) is 16.9. The highest BCUT2D eigenvalue weighted by Crippen LogP contribution is 2.23. The molecule has 2 aromatic heterocycles. The van der Waals surface area contributed by atoms with Crippen molar-refractivity contribution < 1.29 is 14.3 Å². The predicted molar refractivity (Wildman–Crippen MR) is 132 cm³/mol. The molecule has 0 atom stereocenters. The van der Waals surface area contributed by atoms with Crippen LogP contribution < -0.4 is 21.7 Å². The van der Waals surface area contributed by atoms with Crippen molar-refractivity contribution >= 4 is 40.4 Å². The van der Waals surface area contributed by atoms with Crippen LogP contribution in [0.25, 0.3) is 11.2 Å². The maximum atomic E-state index is 13.0. The Balaban J connectivity index is 1.58. The van der Waals surface area contributed by atoms with E-state index in [1.807, 2.05) is 54.6 Å². The van der Waals surface area contributed by atoms with Crippen molar-refractivity contribution in [2.75, 3.05) is 29.1 Å². The molecule has 0 aliphatic heterocycles. The predicted octanol–water partition coefficient (Wildman–Crippen LogP) is 1.59. The van der Waals surface area contributed by atoms with Gasteiger partial charge in [-0.25, -0.2) is 4.98 Å². The van der Waals surface area contributed by atoms with E-state index < -0.39 is 18.4 Å². The number of rotatable bonds is 10. The van der Waals surface area contributed by atoms with Crippen LogP contribution in [0.15, 0.2) is 60.9 Å². The molecule has 5 N–H and O–H groups in total. The van der Waals surface area contributed by atoms with Gasteiger partial charge < -0.3 is 26.1 Å². The zero-order valence-corrected chi connectivity index (χ0v) is 19.2. The summed E-state index contributed by atoms with van der Waals surface area (Å²) in [5.41, 5.74) is 14.8. The van der Waals surface area contributed by atoms with Crippen LogP contribution in [0.3, 0.4) is 0 Å². The van der Waals surface area contributed by atoms with Crippen LogP contribution in [-0.2, 0) is 34.5 Å². The number of amides is 2. The Kier molecular flexibility index (Phi) is 7.17. The number of carbonyl (C=O) groups is 2. The fourth-order valence-corrected chi connectivity index (χ4v) is 3.40. The van der Waals surface area contributed by atoms with Crippen LogP contribution in [0.1, 0.15) is 11.1 Å². The van der Waals surface area contributed by atoms with Gasteiger partial charge in [-0.15, -0.1) is 0 Å². The molecule has 0 radical (unpaired) electrons. The molecule has 35 heavy (non-hydrogen) atoms. The second-order valence-electron chi connectivity index (χ2n) is 7.92. The number of carbonyl (C=O) groups excluding carboxylic acids is 2. The molecule has 2 aromatic carbocycles. The van der Waals surface area contributed by atoms with Gasteiger partial charge in [0.05, 0.1) is 12.9 Å². The summed E-state index contributed by atoms with van der Waals surface area (Å²) in [6.45, 7) is 0.0107. The van der Waals surface area contributed by atoms with E-state index in [1.54, 1.807) is 17.9 Å². The normalized spacial score (nSPS) is 10.9. The van der Waals surface area contributed by atoms with E-state index in [4.69, 9.17) is 16.2 Å². The molecule has 0 bridgehead atoms. The van der Waals surface area contributed by atoms with Crippen molar-refractivity contribution in [1.29, 1.82) is 0 Å². The molecular formula is C24H26N8O3. The zero-order valence-electron chi connectivity index (χ0n) is 19.2. The summed E-state index contributed by atoms with van der Waals surface area (Å²) in [5, 5.41) is 3.24. The van der Waals surface area contributed by atoms with Crippen LogP contribution in [0.5, 0.6) is 0 Å². The molecule has 11 nitrogen and oxygen atoms in total. The quantitative estimate of drug-likeness (QED) is 0.293. The number of hydrogen-bond acceptors (Lipinski definition) is 8. The lowest BCUT2D eigenvalue weighted by Crippen LogP contribution is -2.41. The third kappa shape index (κ3) is 5.89. The average molecular weight is 475 g/mol. The number of ether oxygens (including phenoxy) is 1. The second kappa shape index (κ2) is 10.6. The number of primary amides is 1. The first-order valence-electron chi connectivity index (χ1n) is 10.9. The minimum Gasteiger partial charge on any atom is -0.399 e. The molecule has 2 heterocycles. The molecule has 0 saturated carbocycles. The molecule has 0 aliphatic rings. The average Bonchev–Trinajstić information content (AvgIpc) is 3.23. The number of imidazole rings is 1. The van der Waals surface area contributed by atoms with Crippen LogP contribution in [-0.4, -0.2) is 44.5 Å². The first-order valence-corrected chi connectivity index (χ1v) is 10.9. The molecule has 4 rings (SSSR count). The lowest BCUT2D eigenvalue weighted by atomic mass is 10.2. The van der Waals surface area contributed by atoms with E-state index in [0.29, 0.717) is 29.2 Å². The highest BCUT2D eigenvalue weighted by Gasteiger charge is 2.23. The number of nitrogens with zero attached hydrogens (tertiary/aromatic N) is 5. The van der Waals surface area contributed by atoms with Gasteiger partial charge in [-0.1, -0.05) is 42.5 Å². The van der Waals surface area contributed by atoms with E-state index in [-0.39, 0.29) is 19.2 Å². The van der Waals surface area contributed by atoms with Gasteiger partial charge in [0, 0.05) is 19.3 Å². The number of nitrogens with two attached hydrogens (primary N) is 2. The van der Waals surface area contributed by atoms with Gasteiger partial charge in [0.25, 0.3) is 5.91 Å². The highest BCUT2D eigenvalue weighted by atomic mass is 16.5. The van der Waals surface area contributed by atoms with Crippen molar-refractivity contribution in [3.8, 4) is 0 Å². The largest absolute Gasteiger partial charge is 0.399 e. The van der Waals surface area contributed by atoms with Gasteiger partial charge >= 0.3 is 0 Å². The summed E-state index contributed by atoms with van der Waals surface area (Å²) in [6.07, 6.45) is 1.60. The first kappa shape index (κ1) is 23.6. The van der Waals surface area contributed by atoms with E-state index in [0.717, 1.165) is 16.0 Å². The number of fused-ring (bicyclic) bond motifs is 1. The van der Waals surface area contributed by atoms with Crippen molar-refractivity contribution in [2.24, 2.45) is 12.8 Å². The van der Waals surface area contributed by atoms with E-state index >= 15 is 0 Å². The number of nitrogens with one attached hydrogen (secondary N) is 1. The van der Waals surface area contributed by atoms with Gasteiger partial charge in [-0.3, -0.25) is 14.5 Å². The molecule has 0 spiro atoms. The van der Waals surface area contributed by atoms with Crippen LogP contribution in [0.2, 0.25) is 0 Å². The molecule has 0 aliphatic carbocycles. The lowest BCUT2D eigenvalue weighted by molar-refractivity contribution is -0.125. The standard InChI is InChI=1S/C24H26N8O3/c1-31-15-28-21-22(27-11-16-7-9-18(25)10-8-16)29-24(30-23(21)31)32(12-19(26)33)20(34)14-35-13-17-5-3-2-4-6-17/h2-10,15H,11-14,25H2,1H3,(H2,26,33)(H,27,29,30). The number of hydrogen-bond donors (Lipinski definition) is 3. The lowest BCUT2D eigenvalue weighted by Gasteiger charge is -2.20. The van der Waals surface area contributed by atoms with Gasteiger partial charge in [0.1, 0.15) is 13.2 Å². The molecule has 11 heteroatoms. The Morgan fingerprint density at radius 3 is 2.51 bits per heavy atom. The third-order valence-electron chi connectivity index (χ3n) is 5.18. The number of benzene rings is 2. The van der Waals surface area contributed by atoms with Gasteiger partial charge in [0.2, 0.25) is 11.9 Å². The van der Waals surface area contributed by atoms with Gasteiger partial charge in [-0.05, 0) is 23.3 Å². The summed E-state index contributed by atoms with van der Waals surface area (Å²) >= 11 is 0. The summed E-state index contributed by atoms with van der Waals surface area (Å²) < 4.78 is 7.27. The van der Waals surface area contributed by atoms with Crippen molar-refractivity contribution in [1.82, 2.24) is 19.5 Å². The molecule has 0 saturated heterocycles. The van der Waals surface area contributed by atoms with Gasteiger partial charge in [-0.2, -0.15) is 9.97 Å². The Morgan fingerprint density at radius 1 is 1.06 bits per heavy atom. The van der Waals surface area contributed by atoms with Crippen LogP contribution >= 0.6 is 0 Å². The van der Waals surface area contributed by atoms with Crippen LogP contribution in [0, 0.1) is 0 Å². The Bertz CT molecular complexity index is 1320. The maximum Gasteiger partial charge on any atom is 0.255 e.